The van der Waals surface area contributed by atoms with Crippen LogP contribution in [0.4, 0.5) is 10.3 Å². The molecule has 5 heteroatoms. The first-order valence-electron chi connectivity index (χ1n) is 4.69. The van der Waals surface area contributed by atoms with Gasteiger partial charge in [0.15, 0.2) is 11.6 Å². The number of anilines is 1. The molecule has 0 aliphatic carbocycles. The van der Waals surface area contributed by atoms with E-state index in [1.807, 2.05) is 0 Å². The molecule has 0 bridgehead atoms. The van der Waals surface area contributed by atoms with Crippen LogP contribution in [-0.4, -0.2) is 12.3 Å². The molecule has 0 saturated carbocycles. The van der Waals surface area contributed by atoms with Gasteiger partial charge in [0.25, 0.3) is 0 Å². The average molecular weight is 222 g/mol. The van der Waals surface area contributed by atoms with E-state index >= 15 is 0 Å². The number of nitrogen functional groups attached to an aromatic ring is 1. The highest BCUT2D eigenvalue weighted by Crippen LogP contribution is 2.29. The summed E-state index contributed by atoms with van der Waals surface area (Å²) in [5.74, 6) is -0.00920. The zero-order valence-electron chi connectivity index (χ0n) is 8.95. The van der Waals surface area contributed by atoms with Crippen LogP contribution >= 0.6 is 0 Å². The van der Waals surface area contributed by atoms with Gasteiger partial charge in [-0.1, -0.05) is 5.16 Å². The van der Waals surface area contributed by atoms with Crippen LogP contribution in [0.25, 0.3) is 11.3 Å². The van der Waals surface area contributed by atoms with Gasteiger partial charge >= 0.3 is 0 Å². The van der Waals surface area contributed by atoms with E-state index in [-0.39, 0.29) is 11.6 Å². The number of halogens is 1. The topological polar surface area (TPSA) is 61.3 Å². The van der Waals surface area contributed by atoms with E-state index in [1.165, 1.54) is 19.2 Å². The lowest BCUT2D eigenvalue weighted by Gasteiger charge is -2.03. The normalized spacial score (nSPS) is 10.4. The van der Waals surface area contributed by atoms with Crippen molar-refractivity contribution < 1.29 is 13.7 Å². The summed E-state index contributed by atoms with van der Waals surface area (Å²) in [6.07, 6.45) is 0. The van der Waals surface area contributed by atoms with E-state index in [4.69, 9.17) is 15.0 Å². The highest BCUT2D eigenvalue weighted by molar-refractivity contribution is 5.67. The van der Waals surface area contributed by atoms with Crippen LogP contribution in [0.3, 0.4) is 0 Å². The molecule has 0 amide bonds. The Morgan fingerprint density at radius 3 is 2.69 bits per heavy atom. The molecule has 4 nitrogen and oxygen atoms in total. The van der Waals surface area contributed by atoms with Gasteiger partial charge in [0.05, 0.1) is 7.11 Å². The number of ether oxygens (including phenoxy) is 1. The molecule has 0 saturated heterocycles. The second-order valence-corrected chi connectivity index (χ2v) is 3.37. The van der Waals surface area contributed by atoms with Gasteiger partial charge < -0.3 is 15.0 Å². The molecular weight excluding hydrogens is 211 g/mol. The molecule has 2 N–H and O–H groups in total. The molecule has 0 atom stereocenters. The summed E-state index contributed by atoms with van der Waals surface area (Å²) in [6.45, 7) is 1.77. The maximum atomic E-state index is 13.5. The van der Waals surface area contributed by atoms with Crippen molar-refractivity contribution in [3.05, 3.63) is 29.6 Å². The molecule has 0 spiro atoms. The molecule has 1 heterocycles. The first-order valence-corrected chi connectivity index (χ1v) is 4.69. The van der Waals surface area contributed by atoms with Crippen LogP contribution in [-0.2, 0) is 0 Å². The molecule has 2 aromatic rings. The number of nitrogens with zero attached hydrogens (tertiary/aromatic N) is 1. The fourth-order valence-corrected chi connectivity index (χ4v) is 1.43. The number of nitrogens with two attached hydrogens (primary N) is 1. The van der Waals surface area contributed by atoms with Gasteiger partial charge in [0.1, 0.15) is 5.69 Å². The number of hydrogen-bond donors (Lipinski definition) is 1. The van der Waals surface area contributed by atoms with Crippen molar-refractivity contribution in [2.45, 2.75) is 6.92 Å². The highest BCUT2D eigenvalue weighted by Gasteiger charge is 2.13. The number of rotatable bonds is 2. The maximum Gasteiger partial charge on any atom is 0.225 e. The van der Waals surface area contributed by atoms with Crippen molar-refractivity contribution in [1.82, 2.24) is 5.16 Å². The molecule has 0 aliphatic rings. The van der Waals surface area contributed by atoms with Gasteiger partial charge in [0.2, 0.25) is 5.88 Å². The predicted molar refractivity (Wildman–Crippen MR) is 57.6 cm³/mol. The van der Waals surface area contributed by atoms with Gasteiger partial charge in [-0.05, 0) is 25.1 Å². The number of aromatic nitrogens is 1. The third kappa shape index (κ3) is 1.60. The van der Waals surface area contributed by atoms with Gasteiger partial charge in [-0.15, -0.1) is 0 Å². The Labute approximate surface area is 91.8 Å². The minimum Gasteiger partial charge on any atom is -0.494 e. The Kier molecular flexibility index (Phi) is 2.52. The molecule has 1 aromatic carbocycles. The number of benzene rings is 1. The summed E-state index contributed by atoms with van der Waals surface area (Å²) in [4.78, 5) is 0. The van der Waals surface area contributed by atoms with E-state index in [1.54, 1.807) is 13.0 Å². The smallest absolute Gasteiger partial charge is 0.225 e. The third-order valence-corrected chi connectivity index (χ3v) is 2.39. The molecule has 84 valence electrons. The average Bonchev–Trinajstić information content (AvgIpc) is 2.60. The van der Waals surface area contributed by atoms with Crippen LogP contribution in [0.5, 0.6) is 5.75 Å². The Morgan fingerprint density at radius 2 is 2.19 bits per heavy atom. The summed E-state index contributed by atoms with van der Waals surface area (Å²) in [5, 5.41) is 3.77. The lowest BCUT2D eigenvalue weighted by atomic mass is 10.1. The fourth-order valence-electron chi connectivity index (χ4n) is 1.43. The SMILES string of the molecule is COc1ccc(-c2noc(N)c2C)cc1F. The first kappa shape index (κ1) is 10.5. The van der Waals surface area contributed by atoms with Crippen molar-refractivity contribution in [3.8, 4) is 17.0 Å². The molecule has 0 aliphatic heterocycles. The summed E-state index contributed by atoms with van der Waals surface area (Å²) >= 11 is 0. The van der Waals surface area contributed by atoms with Crippen LogP contribution in [0.1, 0.15) is 5.56 Å². The second kappa shape index (κ2) is 3.84. The van der Waals surface area contributed by atoms with E-state index in [9.17, 15) is 4.39 Å². The molecule has 2 rings (SSSR count). The van der Waals surface area contributed by atoms with Crippen LogP contribution in [0.2, 0.25) is 0 Å². The Hall–Kier alpha value is -2.04. The monoisotopic (exact) mass is 222 g/mol. The maximum absolute atomic E-state index is 13.5. The van der Waals surface area contributed by atoms with Gasteiger partial charge in [-0.2, -0.15) is 0 Å². The Bertz CT molecular complexity index is 523. The predicted octanol–water partition coefficient (Wildman–Crippen LogP) is 2.38. The number of methoxy groups -OCH3 is 1. The van der Waals surface area contributed by atoms with E-state index in [2.05, 4.69) is 5.16 Å². The molecule has 1 aromatic heterocycles. The highest BCUT2D eigenvalue weighted by atomic mass is 19.1. The molecule has 16 heavy (non-hydrogen) atoms. The summed E-state index contributed by atoms with van der Waals surface area (Å²) in [7, 11) is 1.41. The van der Waals surface area contributed by atoms with Crippen molar-refractivity contribution in [3.63, 3.8) is 0 Å². The quantitative estimate of drug-likeness (QED) is 0.847. The van der Waals surface area contributed by atoms with Crippen LogP contribution in [0, 0.1) is 12.7 Å². The zero-order valence-corrected chi connectivity index (χ0v) is 8.95. The van der Waals surface area contributed by atoms with Crippen LogP contribution < -0.4 is 10.5 Å². The van der Waals surface area contributed by atoms with Crippen molar-refractivity contribution >= 4 is 5.88 Å². The largest absolute Gasteiger partial charge is 0.494 e. The van der Waals surface area contributed by atoms with Crippen molar-refractivity contribution in [2.75, 3.05) is 12.8 Å². The van der Waals surface area contributed by atoms with E-state index in [0.717, 1.165) is 0 Å². The minimum atomic E-state index is -0.444. The Balaban J connectivity index is 2.49. The zero-order chi connectivity index (χ0) is 11.7. The Morgan fingerprint density at radius 1 is 1.44 bits per heavy atom. The summed E-state index contributed by atoms with van der Waals surface area (Å²) < 4.78 is 23.1. The van der Waals surface area contributed by atoms with Gasteiger partial charge in [0, 0.05) is 11.1 Å². The van der Waals surface area contributed by atoms with Crippen molar-refractivity contribution in [1.29, 1.82) is 0 Å². The lowest BCUT2D eigenvalue weighted by Crippen LogP contribution is -1.90. The second-order valence-electron chi connectivity index (χ2n) is 3.37. The van der Waals surface area contributed by atoms with Gasteiger partial charge in [-0.3, -0.25) is 0 Å². The van der Waals surface area contributed by atoms with Crippen LogP contribution in [0.15, 0.2) is 22.7 Å². The van der Waals surface area contributed by atoms with E-state index < -0.39 is 5.82 Å². The third-order valence-electron chi connectivity index (χ3n) is 2.39. The molecule has 0 radical (unpaired) electrons. The standard InChI is InChI=1S/C11H11FN2O2/c1-6-10(14-16-11(6)13)7-3-4-9(15-2)8(12)5-7/h3-5H,13H2,1-2H3. The van der Waals surface area contributed by atoms with E-state index in [0.29, 0.717) is 16.8 Å². The van der Waals surface area contributed by atoms with Gasteiger partial charge in [-0.25, -0.2) is 4.39 Å². The first-order chi connectivity index (χ1) is 7.63. The lowest BCUT2D eigenvalue weighted by molar-refractivity contribution is 0.386. The number of hydrogen-bond acceptors (Lipinski definition) is 4. The molecular formula is C11H11FN2O2. The molecule has 0 fully saturated rings. The molecule has 0 unspecified atom stereocenters. The summed E-state index contributed by atoms with van der Waals surface area (Å²) in [5.41, 5.74) is 7.37. The fraction of sp³-hybridized carbons (Fsp3) is 0.182. The minimum absolute atomic E-state index is 0.192. The van der Waals surface area contributed by atoms with Crippen molar-refractivity contribution in [2.24, 2.45) is 0 Å². The summed E-state index contributed by atoms with van der Waals surface area (Å²) in [6, 6.07) is 4.57.